The first-order valence-corrected chi connectivity index (χ1v) is 10.6. The molecule has 1 aromatic rings. The van der Waals surface area contributed by atoms with Gasteiger partial charge >= 0.3 is 5.97 Å². The Hall–Kier alpha value is -1.10. The van der Waals surface area contributed by atoms with Gasteiger partial charge in [0.05, 0.1) is 0 Å². The van der Waals surface area contributed by atoms with Crippen molar-refractivity contribution in [2.24, 2.45) is 10.7 Å². The number of thiazole rings is 1. The van der Waals surface area contributed by atoms with Gasteiger partial charge in [0.25, 0.3) is 0 Å². The van der Waals surface area contributed by atoms with Gasteiger partial charge in [0.1, 0.15) is 5.60 Å². The van der Waals surface area contributed by atoms with Crippen molar-refractivity contribution in [1.29, 1.82) is 0 Å². The number of carbonyl (C=O) groups excluding carboxylic acids is 1. The fraction of sp³-hybridized carbons (Fsp3) is 0.737. The summed E-state index contributed by atoms with van der Waals surface area (Å²) in [5, 5.41) is 3.09. The Kier molecular flexibility index (Phi) is 11.1. The van der Waals surface area contributed by atoms with Crippen LogP contribution in [-0.4, -0.2) is 60.1 Å². The summed E-state index contributed by atoms with van der Waals surface area (Å²) in [6.07, 6.45) is 6.27. The molecule has 1 fully saturated rings. The first-order valence-electron chi connectivity index (χ1n) is 9.76. The number of piperazine rings is 1. The molecule has 1 aliphatic rings. The van der Waals surface area contributed by atoms with Crippen LogP contribution in [0, 0.1) is 0 Å². The molecule has 28 heavy (non-hydrogen) atoms. The second-order valence-corrected chi connectivity index (χ2v) is 8.65. The maximum absolute atomic E-state index is 11.6. The smallest absolute Gasteiger partial charge is 0.306 e. The minimum absolute atomic E-state index is 0. The monoisotopic (exact) mass is 523 g/mol. The lowest BCUT2D eigenvalue weighted by atomic mass is 10.1. The summed E-state index contributed by atoms with van der Waals surface area (Å²) >= 11 is 1.67. The highest BCUT2D eigenvalue weighted by molar-refractivity contribution is 14.0. The van der Waals surface area contributed by atoms with E-state index in [1.807, 2.05) is 32.3 Å². The van der Waals surface area contributed by atoms with Crippen molar-refractivity contribution >= 4 is 52.4 Å². The predicted molar refractivity (Wildman–Crippen MR) is 127 cm³/mol. The molecule has 0 aliphatic carbocycles. The Balaban J connectivity index is 0.00000392. The molecule has 160 valence electrons. The number of unbranched alkanes of at least 4 members (excludes halogenated alkanes) is 3. The third-order valence-electron chi connectivity index (χ3n) is 4.28. The van der Waals surface area contributed by atoms with E-state index in [9.17, 15) is 4.79 Å². The summed E-state index contributed by atoms with van der Waals surface area (Å²) in [7, 11) is 0. The van der Waals surface area contributed by atoms with Gasteiger partial charge in [-0.15, -0.1) is 35.3 Å². The largest absolute Gasteiger partial charge is 0.460 e. The molecule has 0 radical (unpaired) electrons. The van der Waals surface area contributed by atoms with Crippen LogP contribution >= 0.6 is 35.3 Å². The lowest BCUT2D eigenvalue weighted by Crippen LogP contribution is -2.51. The van der Waals surface area contributed by atoms with Gasteiger partial charge in [-0.25, -0.2) is 4.98 Å². The van der Waals surface area contributed by atoms with Gasteiger partial charge in [-0.1, -0.05) is 12.8 Å². The van der Waals surface area contributed by atoms with Crippen LogP contribution in [0.2, 0.25) is 0 Å². The van der Waals surface area contributed by atoms with E-state index in [0.29, 0.717) is 12.4 Å². The summed E-state index contributed by atoms with van der Waals surface area (Å²) in [4.78, 5) is 24.9. The summed E-state index contributed by atoms with van der Waals surface area (Å²) in [6.45, 7) is 10.0. The number of nitrogens with zero attached hydrogens (tertiary/aromatic N) is 4. The highest BCUT2D eigenvalue weighted by Crippen LogP contribution is 2.18. The molecule has 9 heteroatoms. The van der Waals surface area contributed by atoms with Gasteiger partial charge in [-0.2, -0.15) is 0 Å². The van der Waals surface area contributed by atoms with E-state index in [0.717, 1.165) is 63.5 Å². The van der Waals surface area contributed by atoms with Crippen LogP contribution in [0.5, 0.6) is 0 Å². The molecule has 0 spiro atoms. The first kappa shape index (κ1) is 24.9. The Morgan fingerprint density at radius 1 is 1.21 bits per heavy atom. The number of aromatic nitrogens is 1. The van der Waals surface area contributed by atoms with Crippen LogP contribution in [0.1, 0.15) is 52.9 Å². The van der Waals surface area contributed by atoms with E-state index >= 15 is 0 Å². The van der Waals surface area contributed by atoms with Gasteiger partial charge in [0.15, 0.2) is 11.1 Å². The highest BCUT2D eigenvalue weighted by atomic mass is 127. The average molecular weight is 523 g/mol. The summed E-state index contributed by atoms with van der Waals surface area (Å²) in [6, 6.07) is 0. The fourth-order valence-electron chi connectivity index (χ4n) is 2.92. The molecular weight excluding hydrogens is 489 g/mol. The molecule has 0 bridgehead atoms. The molecule has 1 aromatic heterocycles. The highest BCUT2D eigenvalue weighted by Gasteiger charge is 2.19. The number of esters is 1. The fourth-order valence-corrected chi connectivity index (χ4v) is 3.62. The van der Waals surface area contributed by atoms with E-state index in [4.69, 9.17) is 10.5 Å². The van der Waals surface area contributed by atoms with E-state index in [2.05, 4.69) is 19.8 Å². The van der Waals surface area contributed by atoms with Crippen molar-refractivity contribution in [1.82, 2.24) is 9.88 Å². The Labute approximate surface area is 189 Å². The molecule has 0 aromatic carbocycles. The molecule has 0 saturated carbocycles. The topological polar surface area (TPSA) is 84.0 Å². The number of rotatable bonds is 8. The number of halogens is 1. The molecule has 0 unspecified atom stereocenters. The van der Waals surface area contributed by atoms with Crippen LogP contribution < -0.4 is 10.6 Å². The molecule has 2 heterocycles. The molecule has 2 rings (SSSR count). The minimum atomic E-state index is -0.394. The first-order chi connectivity index (χ1) is 12.8. The Bertz CT molecular complexity index is 596. The van der Waals surface area contributed by atoms with Gasteiger partial charge in [0.2, 0.25) is 0 Å². The normalized spacial score (nSPS) is 15.3. The maximum Gasteiger partial charge on any atom is 0.306 e. The summed E-state index contributed by atoms with van der Waals surface area (Å²) in [5.74, 6) is 0.532. The molecule has 0 atom stereocenters. The molecular formula is C19H34IN5O2S. The van der Waals surface area contributed by atoms with Crippen molar-refractivity contribution in [3.05, 3.63) is 11.6 Å². The standard InChI is InChI=1S/C19H33N5O2S.HI/c1-19(2,3)26-16(25)8-6-4-5-7-9-21-17(20)23-11-13-24(14-12-23)18-22-10-15-27-18;/h10,15H,4-9,11-14H2,1-3H3,(H2,20,21);1H. The molecule has 1 aliphatic heterocycles. The van der Waals surface area contributed by atoms with E-state index in [1.54, 1.807) is 11.3 Å². The molecule has 2 N–H and O–H groups in total. The van der Waals surface area contributed by atoms with Crippen LogP contribution in [0.3, 0.4) is 0 Å². The molecule has 1 saturated heterocycles. The van der Waals surface area contributed by atoms with Crippen molar-refractivity contribution in [3.8, 4) is 0 Å². The van der Waals surface area contributed by atoms with Gasteiger partial charge < -0.3 is 20.3 Å². The number of carbonyl (C=O) groups is 1. The molecule has 7 nitrogen and oxygen atoms in total. The van der Waals surface area contributed by atoms with Crippen LogP contribution in [-0.2, 0) is 9.53 Å². The van der Waals surface area contributed by atoms with Crippen LogP contribution in [0.15, 0.2) is 16.6 Å². The molecule has 0 amide bonds. The third kappa shape index (κ3) is 9.40. The van der Waals surface area contributed by atoms with Crippen molar-refractivity contribution in [3.63, 3.8) is 0 Å². The SMILES string of the molecule is CC(C)(C)OC(=O)CCCCCCN=C(N)N1CCN(c2nccs2)CC1.I. The van der Waals surface area contributed by atoms with E-state index < -0.39 is 5.60 Å². The van der Waals surface area contributed by atoms with E-state index in [-0.39, 0.29) is 29.9 Å². The number of aliphatic imine (C=N–C) groups is 1. The minimum Gasteiger partial charge on any atom is -0.460 e. The third-order valence-corrected chi connectivity index (χ3v) is 5.11. The zero-order valence-corrected chi connectivity index (χ0v) is 20.4. The van der Waals surface area contributed by atoms with Crippen molar-refractivity contribution in [2.75, 3.05) is 37.6 Å². The Morgan fingerprint density at radius 3 is 2.50 bits per heavy atom. The zero-order valence-electron chi connectivity index (χ0n) is 17.2. The van der Waals surface area contributed by atoms with Crippen LogP contribution in [0.25, 0.3) is 0 Å². The van der Waals surface area contributed by atoms with Gasteiger partial charge in [-0.05, 0) is 33.6 Å². The van der Waals surface area contributed by atoms with Crippen molar-refractivity contribution in [2.45, 2.75) is 58.5 Å². The number of hydrogen-bond acceptors (Lipinski definition) is 6. The second-order valence-electron chi connectivity index (χ2n) is 7.78. The average Bonchev–Trinajstić information content (AvgIpc) is 3.14. The van der Waals surface area contributed by atoms with Crippen molar-refractivity contribution < 1.29 is 9.53 Å². The number of guanidine groups is 1. The summed E-state index contributed by atoms with van der Waals surface area (Å²) in [5.41, 5.74) is 5.74. The van der Waals surface area contributed by atoms with E-state index in [1.165, 1.54) is 0 Å². The summed E-state index contributed by atoms with van der Waals surface area (Å²) < 4.78 is 5.31. The quantitative estimate of drug-likeness (QED) is 0.185. The number of nitrogens with two attached hydrogens (primary N) is 1. The lowest BCUT2D eigenvalue weighted by Gasteiger charge is -2.35. The second kappa shape index (κ2) is 12.5. The zero-order chi connectivity index (χ0) is 19.7. The maximum atomic E-state index is 11.6. The van der Waals surface area contributed by atoms with Gasteiger partial charge in [0, 0.05) is 50.7 Å². The number of hydrogen-bond donors (Lipinski definition) is 1. The number of anilines is 1. The van der Waals surface area contributed by atoms with Crippen LogP contribution in [0.4, 0.5) is 5.13 Å². The Morgan fingerprint density at radius 2 is 1.89 bits per heavy atom. The predicted octanol–water partition coefficient (Wildman–Crippen LogP) is 3.49. The van der Waals surface area contributed by atoms with Gasteiger partial charge in [-0.3, -0.25) is 9.79 Å². The number of ether oxygens (including phenoxy) is 1. The lowest BCUT2D eigenvalue weighted by molar-refractivity contribution is -0.154.